The molecule has 1 aromatic carbocycles. The Hall–Kier alpha value is -2.42. The van der Waals surface area contributed by atoms with Gasteiger partial charge in [-0.05, 0) is 60.2 Å². The van der Waals surface area contributed by atoms with Gasteiger partial charge >= 0.3 is 5.97 Å². The second-order valence-corrected chi connectivity index (χ2v) is 5.20. The number of esters is 1. The first kappa shape index (κ1) is 13.6. The second-order valence-electron chi connectivity index (χ2n) is 5.20. The minimum absolute atomic E-state index is 0.300. The molecule has 0 spiro atoms. The van der Waals surface area contributed by atoms with Gasteiger partial charge in [0.1, 0.15) is 5.75 Å². The topological polar surface area (TPSA) is 39.2 Å². The van der Waals surface area contributed by atoms with E-state index in [-0.39, 0.29) is 5.97 Å². The Morgan fingerprint density at radius 1 is 1.19 bits per heavy atom. The average Bonchev–Trinajstić information content (AvgIpc) is 2.49. The Balaban J connectivity index is 1.87. The number of nitrogens with zero attached hydrogens (tertiary/aromatic N) is 1. The van der Waals surface area contributed by atoms with Crippen LogP contribution in [0.3, 0.4) is 0 Å². The van der Waals surface area contributed by atoms with E-state index in [1.165, 1.54) is 18.1 Å². The van der Waals surface area contributed by atoms with Gasteiger partial charge in [0.2, 0.25) is 0 Å². The molecule has 0 aliphatic heterocycles. The fraction of sp³-hybridized carbons (Fsp3) is 0.222. The van der Waals surface area contributed by atoms with Crippen molar-refractivity contribution in [2.24, 2.45) is 0 Å². The van der Waals surface area contributed by atoms with E-state index in [4.69, 9.17) is 4.74 Å². The Morgan fingerprint density at radius 2 is 2.00 bits per heavy atom. The molecule has 0 amide bonds. The third-order valence-corrected chi connectivity index (χ3v) is 3.57. The van der Waals surface area contributed by atoms with E-state index in [9.17, 15) is 4.79 Å². The zero-order valence-electron chi connectivity index (χ0n) is 12.0. The molecule has 3 heteroatoms. The smallest absolute Gasteiger partial charge is 0.308 e. The van der Waals surface area contributed by atoms with Crippen LogP contribution >= 0.6 is 0 Å². The highest BCUT2D eigenvalue weighted by atomic mass is 16.5. The maximum absolute atomic E-state index is 10.9. The number of ether oxygens (including phenoxy) is 1. The number of aromatic nitrogens is 1. The molecule has 3 rings (SSSR count). The monoisotopic (exact) mass is 279 g/mol. The number of carbonyl (C=O) groups is 1. The van der Waals surface area contributed by atoms with E-state index in [2.05, 4.69) is 17.1 Å². The number of allylic oxidation sites excluding steroid dienone is 1. The molecule has 1 heterocycles. The molecular formula is C18H17NO2. The van der Waals surface area contributed by atoms with Gasteiger partial charge in [-0.25, -0.2) is 0 Å². The van der Waals surface area contributed by atoms with Gasteiger partial charge in [0, 0.05) is 13.1 Å². The Kier molecular flexibility index (Phi) is 3.82. The third kappa shape index (κ3) is 3.19. The summed E-state index contributed by atoms with van der Waals surface area (Å²) in [5, 5.41) is 0. The van der Waals surface area contributed by atoms with Gasteiger partial charge in [-0.15, -0.1) is 0 Å². The Bertz CT molecular complexity index is 687. The number of carbonyl (C=O) groups excluding carboxylic acids is 1. The van der Waals surface area contributed by atoms with Crippen molar-refractivity contribution in [3.63, 3.8) is 0 Å². The highest BCUT2D eigenvalue weighted by Crippen LogP contribution is 2.30. The van der Waals surface area contributed by atoms with Crippen LogP contribution in [0.1, 0.15) is 36.6 Å². The van der Waals surface area contributed by atoms with E-state index in [0.29, 0.717) is 5.75 Å². The molecule has 3 nitrogen and oxygen atoms in total. The molecular weight excluding hydrogens is 262 g/mol. The average molecular weight is 279 g/mol. The first-order valence-electron chi connectivity index (χ1n) is 7.16. The molecule has 1 aliphatic carbocycles. The van der Waals surface area contributed by atoms with Crippen LogP contribution in [0.4, 0.5) is 0 Å². The Labute approximate surface area is 124 Å². The van der Waals surface area contributed by atoms with Crippen molar-refractivity contribution in [2.75, 3.05) is 0 Å². The molecule has 0 unspecified atom stereocenters. The van der Waals surface area contributed by atoms with Crippen molar-refractivity contribution in [1.82, 2.24) is 4.98 Å². The van der Waals surface area contributed by atoms with Crippen molar-refractivity contribution in [3.05, 3.63) is 59.4 Å². The highest BCUT2D eigenvalue weighted by Gasteiger charge is 2.14. The summed E-state index contributed by atoms with van der Waals surface area (Å²) < 4.78 is 5.04. The zero-order chi connectivity index (χ0) is 14.7. The van der Waals surface area contributed by atoms with Crippen molar-refractivity contribution in [1.29, 1.82) is 0 Å². The van der Waals surface area contributed by atoms with Crippen LogP contribution in [0.25, 0.3) is 11.6 Å². The number of pyridine rings is 1. The normalized spacial score (nSPS) is 15.6. The lowest BCUT2D eigenvalue weighted by Crippen LogP contribution is -2.03. The molecule has 1 aliphatic rings. The standard InChI is InChI=1S/C18H17NO2/c1-13(20)21-17-9-7-14(8-10-17)12-16-5-2-4-15-6-3-11-19-18(15)16/h3,6-12H,2,4-5H2,1H3. The fourth-order valence-electron chi connectivity index (χ4n) is 2.66. The summed E-state index contributed by atoms with van der Waals surface area (Å²) in [5.41, 5.74) is 4.82. The SMILES string of the molecule is CC(=O)Oc1ccc(C=C2CCCc3cccnc32)cc1. The third-order valence-electron chi connectivity index (χ3n) is 3.57. The van der Waals surface area contributed by atoms with Crippen molar-refractivity contribution < 1.29 is 9.53 Å². The van der Waals surface area contributed by atoms with Gasteiger partial charge in [-0.3, -0.25) is 9.78 Å². The van der Waals surface area contributed by atoms with Crippen LogP contribution < -0.4 is 4.74 Å². The van der Waals surface area contributed by atoms with Gasteiger partial charge in [-0.1, -0.05) is 18.2 Å². The van der Waals surface area contributed by atoms with Crippen LogP contribution in [0.15, 0.2) is 42.6 Å². The summed E-state index contributed by atoms with van der Waals surface area (Å²) >= 11 is 0. The van der Waals surface area contributed by atoms with E-state index < -0.39 is 0 Å². The van der Waals surface area contributed by atoms with Gasteiger partial charge in [-0.2, -0.15) is 0 Å². The number of rotatable bonds is 2. The maximum atomic E-state index is 10.9. The van der Waals surface area contributed by atoms with Crippen LogP contribution in [0, 0.1) is 0 Å². The molecule has 21 heavy (non-hydrogen) atoms. The van der Waals surface area contributed by atoms with Crippen LogP contribution in [0.5, 0.6) is 5.75 Å². The lowest BCUT2D eigenvalue weighted by Gasteiger charge is -2.17. The fourth-order valence-corrected chi connectivity index (χ4v) is 2.66. The predicted octanol–water partition coefficient (Wildman–Crippen LogP) is 3.88. The van der Waals surface area contributed by atoms with E-state index >= 15 is 0 Å². The summed E-state index contributed by atoms with van der Waals surface area (Å²) in [4.78, 5) is 15.4. The molecule has 0 bridgehead atoms. The van der Waals surface area contributed by atoms with E-state index in [1.54, 1.807) is 0 Å². The number of benzene rings is 1. The molecule has 0 radical (unpaired) electrons. The molecule has 1 aromatic heterocycles. The number of aryl methyl sites for hydroxylation is 1. The van der Waals surface area contributed by atoms with Crippen molar-refractivity contribution >= 4 is 17.6 Å². The summed E-state index contributed by atoms with van der Waals surface area (Å²) in [5.74, 6) is 0.276. The van der Waals surface area contributed by atoms with Gasteiger partial charge < -0.3 is 4.74 Å². The number of hydrogen-bond donors (Lipinski definition) is 0. The number of hydrogen-bond acceptors (Lipinski definition) is 3. The quantitative estimate of drug-likeness (QED) is 0.618. The zero-order valence-corrected chi connectivity index (χ0v) is 12.0. The highest BCUT2D eigenvalue weighted by molar-refractivity contribution is 5.82. The van der Waals surface area contributed by atoms with Gasteiger partial charge in [0.05, 0.1) is 5.69 Å². The lowest BCUT2D eigenvalue weighted by molar-refractivity contribution is -0.131. The molecule has 0 atom stereocenters. The molecule has 0 saturated heterocycles. The van der Waals surface area contributed by atoms with Crippen molar-refractivity contribution in [2.45, 2.75) is 26.2 Å². The minimum Gasteiger partial charge on any atom is -0.427 e. The lowest BCUT2D eigenvalue weighted by atomic mass is 9.90. The first-order valence-corrected chi connectivity index (χ1v) is 7.16. The predicted molar refractivity (Wildman–Crippen MR) is 82.8 cm³/mol. The largest absolute Gasteiger partial charge is 0.427 e. The first-order chi connectivity index (χ1) is 10.2. The number of fused-ring (bicyclic) bond motifs is 1. The molecule has 0 N–H and O–H groups in total. The van der Waals surface area contributed by atoms with Gasteiger partial charge in [0.15, 0.2) is 0 Å². The van der Waals surface area contributed by atoms with Crippen molar-refractivity contribution in [3.8, 4) is 5.75 Å². The molecule has 0 fully saturated rings. The maximum Gasteiger partial charge on any atom is 0.308 e. The summed E-state index contributed by atoms with van der Waals surface area (Å²) in [6.45, 7) is 1.40. The van der Waals surface area contributed by atoms with Crippen LogP contribution in [-0.4, -0.2) is 11.0 Å². The summed E-state index contributed by atoms with van der Waals surface area (Å²) in [6.07, 6.45) is 7.34. The summed E-state index contributed by atoms with van der Waals surface area (Å²) in [7, 11) is 0. The van der Waals surface area contributed by atoms with E-state index in [1.807, 2.05) is 36.5 Å². The second kappa shape index (κ2) is 5.92. The molecule has 0 saturated carbocycles. The van der Waals surface area contributed by atoms with Crippen LogP contribution in [-0.2, 0) is 11.2 Å². The minimum atomic E-state index is -0.300. The van der Waals surface area contributed by atoms with Gasteiger partial charge in [0.25, 0.3) is 0 Å². The summed E-state index contributed by atoms with van der Waals surface area (Å²) in [6, 6.07) is 11.7. The molecule has 2 aromatic rings. The van der Waals surface area contributed by atoms with E-state index in [0.717, 1.165) is 30.5 Å². The Morgan fingerprint density at radius 3 is 2.76 bits per heavy atom. The van der Waals surface area contributed by atoms with Crippen LogP contribution in [0.2, 0.25) is 0 Å². The molecule has 106 valence electrons.